The van der Waals surface area contributed by atoms with Crippen LogP contribution in [0, 0.1) is 12.8 Å². The van der Waals surface area contributed by atoms with Crippen LogP contribution in [0.5, 0.6) is 0 Å². The summed E-state index contributed by atoms with van der Waals surface area (Å²) in [6.07, 6.45) is 0.667. The summed E-state index contributed by atoms with van der Waals surface area (Å²) < 4.78 is 26.7. The molecule has 0 unspecified atom stereocenters. The van der Waals surface area contributed by atoms with Crippen LogP contribution in [0.25, 0.3) is 0 Å². The van der Waals surface area contributed by atoms with Crippen LogP contribution in [0.15, 0.2) is 24.3 Å². The van der Waals surface area contributed by atoms with E-state index in [1.165, 1.54) is 0 Å². The Morgan fingerprint density at radius 2 is 2.05 bits per heavy atom. The molecular formula is C14H22N2O3S. The molecule has 0 spiro atoms. The number of amides is 1. The van der Waals surface area contributed by atoms with Gasteiger partial charge in [0.25, 0.3) is 0 Å². The number of hydrogen-bond donors (Lipinski definition) is 2. The Morgan fingerprint density at radius 3 is 2.55 bits per heavy atom. The predicted molar refractivity (Wildman–Crippen MR) is 79.4 cm³/mol. The van der Waals surface area contributed by atoms with Gasteiger partial charge in [0.15, 0.2) is 0 Å². The van der Waals surface area contributed by atoms with Gasteiger partial charge in [-0.25, -0.2) is 13.1 Å². The molecule has 2 atom stereocenters. The molecule has 0 radical (unpaired) electrons. The smallest absolute Gasteiger partial charge is 0.235 e. The maximum absolute atomic E-state index is 12.1. The quantitative estimate of drug-likeness (QED) is 0.795. The summed E-state index contributed by atoms with van der Waals surface area (Å²) in [5, 5.41) is 0. The van der Waals surface area contributed by atoms with Crippen molar-refractivity contribution in [2.24, 2.45) is 11.7 Å². The highest BCUT2D eigenvalue weighted by Gasteiger charge is 2.26. The van der Waals surface area contributed by atoms with Gasteiger partial charge in [-0.2, -0.15) is 0 Å². The highest BCUT2D eigenvalue weighted by Crippen LogP contribution is 2.12. The summed E-state index contributed by atoms with van der Waals surface area (Å²) in [7, 11) is -3.60. The Morgan fingerprint density at radius 1 is 1.40 bits per heavy atom. The van der Waals surface area contributed by atoms with Crippen LogP contribution in [-0.2, 0) is 20.6 Å². The van der Waals surface area contributed by atoms with E-state index in [9.17, 15) is 13.2 Å². The van der Waals surface area contributed by atoms with E-state index >= 15 is 0 Å². The Kier molecular flexibility index (Phi) is 5.71. The van der Waals surface area contributed by atoms with E-state index in [4.69, 9.17) is 5.73 Å². The summed E-state index contributed by atoms with van der Waals surface area (Å²) in [4.78, 5) is 11.4. The van der Waals surface area contributed by atoms with Crippen molar-refractivity contribution in [2.75, 3.05) is 0 Å². The van der Waals surface area contributed by atoms with Gasteiger partial charge in [0, 0.05) is 0 Å². The van der Waals surface area contributed by atoms with E-state index in [0.29, 0.717) is 12.0 Å². The van der Waals surface area contributed by atoms with Crippen molar-refractivity contribution >= 4 is 15.9 Å². The number of benzene rings is 1. The second-order valence-corrected chi connectivity index (χ2v) is 6.89. The molecule has 0 aliphatic carbocycles. The lowest BCUT2D eigenvalue weighted by Crippen LogP contribution is -2.48. The van der Waals surface area contributed by atoms with Crippen molar-refractivity contribution in [3.05, 3.63) is 35.4 Å². The maximum atomic E-state index is 12.1. The van der Waals surface area contributed by atoms with E-state index in [1.807, 2.05) is 26.0 Å². The van der Waals surface area contributed by atoms with Crippen molar-refractivity contribution < 1.29 is 13.2 Å². The van der Waals surface area contributed by atoms with Crippen LogP contribution in [0.3, 0.4) is 0 Å². The molecule has 1 amide bonds. The molecule has 1 aromatic carbocycles. The van der Waals surface area contributed by atoms with Crippen molar-refractivity contribution in [1.82, 2.24) is 4.72 Å². The zero-order valence-electron chi connectivity index (χ0n) is 12.1. The van der Waals surface area contributed by atoms with Crippen LogP contribution in [-0.4, -0.2) is 20.4 Å². The van der Waals surface area contributed by atoms with Crippen LogP contribution >= 0.6 is 0 Å². The number of carbonyl (C=O) groups is 1. The average Bonchev–Trinajstić information content (AvgIpc) is 2.34. The molecule has 0 aliphatic rings. The summed E-state index contributed by atoms with van der Waals surface area (Å²) in [6.45, 7) is 5.58. The number of sulfonamides is 1. The summed E-state index contributed by atoms with van der Waals surface area (Å²) >= 11 is 0. The fraction of sp³-hybridized carbons (Fsp3) is 0.500. The lowest BCUT2D eigenvalue weighted by atomic mass is 10.00. The van der Waals surface area contributed by atoms with Crippen LogP contribution in [0.2, 0.25) is 0 Å². The SMILES string of the molecule is CC[C@@H](C)[C@@H](NS(=O)(=O)Cc1cccc(C)c1)C(N)=O. The predicted octanol–water partition coefficient (Wildman–Crippen LogP) is 1.31. The third-order valence-electron chi connectivity index (χ3n) is 3.27. The number of nitrogens with two attached hydrogens (primary N) is 1. The zero-order chi connectivity index (χ0) is 15.3. The third-order valence-corrected chi connectivity index (χ3v) is 4.59. The highest BCUT2D eigenvalue weighted by atomic mass is 32.2. The van der Waals surface area contributed by atoms with E-state index in [1.54, 1.807) is 19.1 Å². The highest BCUT2D eigenvalue weighted by molar-refractivity contribution is 7.88. The number of hydrogen-bond acceptors (Lipinski definition) is 3. The normalized spacial score (nSPS) is 14.8. The molecule has 3 N–H and O–H groups in total. The monoisotopic (exact) mass is 298 g/mol. The van der Waals surface area contributed by atoms with E-state index in [0.717, 1.165) is 5.56 Å². The fourth-order valence-electron chi connectivity index (χ4n) is 1.95. The van der Waals surface area contributed by atoms with E-state index in [2.05, 4.69) is 4.72 Å². The van der Waals surface area contributed by atoms with Gasteiger partial charge < -0.3 is 5.73 Å². The molecular weight excluding hydrogens is 276 g/mol. The van der Waals surface area contributed by atoms with Crippen molar-refractivity contribution in [2.45, 2.75) is 39.0 Å². The molecule has 0 aliphatic heterocycles. The van der Waals surface area contributed by atoms with Gasteiger partial charge >= 0.3 is 0 Å². The van der Waals surface area contributed by atoms with Crippen LogP contribution in [0.4, 0.5) is 0 Å². The molecule has 0 saturated heterocycles. The molecule has 5 nitrogen and oxygen atoms in total. The number of primary amides is 1. The molecule has 1 rings (SSSR count). The maximum Gasteiger partial charge on any atom is 0.235 e. The topological polar surface area (TPSA) is 89.3 Å². The van der Waals surface area contributed by atoms with Crippen molar-refractivity contribution in [3.63, 3.8) is 0 Å². The largest absolute Gasteiger partial charge is 0.368 e. The van der Waals surface area contributed by atoms with Crippen LogP contribution < -0.4 is 10.5 Å². The van der Waals surface area contributed by atoms with Gasteiger partial charge in [-0.1, -0.05) is 50.1 Å². The Bertz CT molecular complexity index is 570. The first kappa shape index (κ1) is 16.7. The van der Waals surface area contributed by atoms with E-state index < -0.39 is 22.0 Å². The molecule has 20 heavy (non-hydrogen) atoms. The lowest BCUT2D eigenvalue weighted by Gasteiger charge is -2.21. The Labute approximate surface area is 120 Å². The second-order valence-electron chi connectivity index (χ2n) is 5.13. The zero-order valence-corrected chi connectivity index (χ0v) is 12.9. The number of carbonyl (C=O) groups excluding carboxylic acids is 1. The molecule has 6 heteroatoms. The number of rotatable bonds is 7. The van der Waals surface area contributed by atoms with Gasteiger partial charge in [-0.15, -0.1) is 0 Å². The van der Waals surface area contributed by atoms with Crippen LogP contribution in [0.1, 0.15) is 31.4 Å². The minimum atomic E-state index is -3.60. The molecule has 0 aromatic heterocycles. The lowest BCUT2D eigenvalue weighted by molar-refractivity contribution is -0.120. The fourth-order valence-corrected chi connectivity index (χ4v) is 3.38. The van der Waals surface area contributed by atoms with Crippen molar-refractivity contribution in [1.29, 1.82) is 0 Å². The first-order valence-electron chi connectivity index (χ1n) is 6.60. The van der Waals surface area contributed by atoms with Crippen molar-refractivity contribution in [3.8, 4) is 0 Å². The first-order valence-corrected chi connectivity index (χ1v) is 8.25. The molecule has 0 bridgehead atoms. The molecule has 0 heterocycles. The average molecular weight is 298 g/mol. The standard InChI is InChI=1S/C14H22N2O3S/c1-4-11(3)13(14(15)17)16-20(18,19)9-12-7-5-6-10(2)8-12/h5-8,11,13,16H,4,9H2,1-3H3,(H2,15,17)/t11-,13-/m1/s1. The van der Waals surface area contributed by atoms with Gasteiger partial charge in [0.2, 0.25) is 15.9 Å². The van der Waals surface area contributed by atoms with Gasteiger partial charge in [0.05, 0.1) is 5.75 Å². The third kappa shape index (κ3) is 4.94. The molecule has 0 fully saturated rings. The summed E-state index contributed by atoms with van der Waals surface area (Å²) in [6, 6.07) is 6.39. The Hall–Kier alpha value is -1.40. The molecule has 0 saturated carbocycles. The summed E-state index contributed by atoms with van der Waals surface area (Å²) in [5.41, 5.74) is 6.95. The summed E-state index contributed by atoms with van der Waals surface area (Å²) in [5.74, 6) is -0.943. The van der Waals surface area contributed by atoms with Gasteiger partial charge in [0.1, 0.15) is 6.04 Å². The Balaban J connectivity index is 2.85. The minimum absolute atomic E-state index is 0.139. The van der Waals surface area contributed by atoms with E-state index in [-0.39, 0.29) is 11.7 Å². The first-order chi connectivity index (χ1) is 9.25. The van der Waals surface area contributed by atoms with Gasteiger partial charge in [-0.3, -0.25) is 4.79 Å². The number of aryl methyl sites for hydroxylation is 1. The molecule has 1 aromatic rings. The number of nitrogens with one attached hydrogen (secondary N) is 1. The second kappa shape index (κ2) is 6.85. The van der Waals surface area contributed by atoms with Gasteiger partial charge in [-0.05, 0) is 18.4 Å². The minimum Gasteiger partial charge on any atom is -0.368 e. The molecule has 112 valence electrons.